The van der Waals surface area contributed by atoms with E-state index in [9.17, 15) is 0 Å². The number of hydrogen-bond acceptors (Lipinski definition) is 4. The predicted molar refractivity (Wildman–Crippen MR) is 56.9 cm³/mol. The molecule has 0 N–H and O–H groups in total. The van der Waals surface area contributed by atoms with E-state index in [2.05, 4.69) is 16.0 Å². The van der Waals surface area contributed by atoms with Gasteiger partial charge in [-0.05, 0) is 6.42 Å². The van der Waals surface area contributed by atoms with Gasteiger partial charge < -0.3 is 4.74 Å². The minimum Gasteiger partial charge on any atom is -0.478 e. The van der Waals surface area contributed by atoms with Crippen LogP contribution in [0.15, 0.2) is 12.4 Å². The Kier molecular flexibility index (Phi) is 4.85. The van der Waals surface area contributed by atoms with Crippen LogP contribution in [0.5, 0.6) is 5.88 Å². The third kappa shape index (κ3) is 3.37. The Balaban J connectivity index is 2.78. The van der Waals surface area contributed by atoms with E-state index in [0.717, 1.165) is 6.42 Å². The van der Waals surface area contributed by atoms with E-state index < -0.39 is 5.92 Å². The number of nitrogens with zero attached hydrogens (tertiary/aromatic N) is 3. The van der Waals surface area contributed by atoms with E-state index in [-0.39, 0.29) is 5.88 Å². The largest absolute Gasteiger partial charge is 0.478 e. The molecule has 0 saturated heterocycles. The lowest BCUT2D eigenvalue weighted by Crippen LogP contribution is -2.03. The molecule has 0 saturated carbocycles. The fraction of sp³-hybridized carbons (Fsp3) is 0.500. The summed E-state index contributed by atoms with van der Waals surface area (Å²) in [4.78, 5) is 7.93. The van der Waals surface area contributed by atoms with Crippen LogP contribution in [-0.2, 0) is 0 Å². The highest BCUT2D eigenvalue weighted by atomic mass is 35.5. The number of hydrogen-bond donors (Lipinski definition) is 0. The molecule has 1 aromatic rings. The van der Waals surface area contributed by atoms with Gasteiger partial charge in [0, 0.05) is 11.9 Å². The molecular weight excluding hydrogens is 214 g/mol. The van der Waals surface area contributed by atoms with Crippen LogP contribution >= 0.6 is 11.6 Å². The predicted octanol–water partition coefficient (Wildman–Crippen LogP) is 2.11. The number of rotatable bonds is 5. The van der Waals surface area contributed by atoms with E-state index in [4.69, 9.17) is 21.6 Å². The lowest BCUT2D eigenvalue weighted by Gasteiger charge is -2.06. The van der Waals surface area contributed by atoms with E-state index in [0.29, 0.717) is 18.2 Å². The highest BCUT2D eigenvalue weighted by molar-refractivity contribution is 6.18. The van der Waals surface area contributed by atoms with Crippen molar-refractivity contribution in [3.8, 4) is 11.9 Å². The maximum atomic E-state index is 8.81. The van der Waals surface area contributed by atoms with Crippen molar-refractivity contribution < 1.29 is 4.74 Å². The lowest BCUT2D eigenvalue weighted by atomic mass is 10.1. The summed E-state index contributed by atoms with van der Waals surface area (Å²) in [6, 6.07) is 3.73. The standard InChI is InChI=1S/C10H12ClN3O/c1-2-3-15-10-4-9(13-7-14-10)8(5-11)6-12/h4,7-8H,2-3,5H2,1H3. The van der Waals surface area contributed by atoms with Gasteiger partial charge in [0.15, 0.2) is 0 Å². The zero-order valence-corrected chi connectivity index (χ0v) is 9.24. The third-order valence-corrected chi connectivity index (χ3v) is 2.09. The van der Waals surface area contributed by atoms with Crippen LogP contribution in [-0.4, -0.2) is 22.5 Å². The van der Waals surface area contributed by atoms with Crippen LogP contribution < -0.4 is 4.74 Å². The Bertz CT molecular complexity index is 351. The van der Waals surface area contributed by atoms with Crippen LogP contribution in [0.4, 0.5) is 0 Å². The molecule has 0 aliphatic rings. The monoisotopic (exact) mass is 225 g/mol. The summed E-state index contributed by atoms with van der Waals surface area (Å²) in [5.41, 5.74) is 0.605. The molecule has 1 unspecified atom stereocenters. The van der Waals surface area contributed by atoms with Crippen LogP contribution in [0.25, 0.3) is 0 Å². The third-order valence-electron chi connectivity index (χ3n) is 1.78. The number of halogens is 1. The average Bonchev–Trinajstić information content (AvgIpc) is 2.29. The zero-order chi connectivity index (χ0) is 11.1. The van der Waals surface area contributed by atoms with Crippen molar-refractivity contribution in [2.24, 2.45) is 0 Å². The van der Waals surface area contributed by atoms with Crippen molar-refractivity contribution in [2.45, 2.75) is 19.3 Å². The van der Waals surface area contributed by atoms with Crippen LogP contribution in [0.3, 0.4) is 0 Å². The van der Waals surface area contributed by atoms with Crippen molar-refractivity contribution >= 4 is 11.6 Å². The van der Waals surface area contributed by atoms with E-state index >= 15 is 0 Å². The quantitative estimate of drug-likeness (QED) is 0.721. The van der Waals surface area contributed by atoms with Crippen molar-refractivity contribution in [3.05, 3.63) is 18.1 Å². The minimum absolute atomic E-state index is 0.223. The molecule has 0 radical (unpaired) electrons. The summed E-state index contributed by atoms with van der Waals surface area (Å²) in [6.07, 6.45) is 2.30. The number of aromatic nitrogens is 2. The Morgan fingerprint density at radius 3 is 3.00 bits per heavy atom. The molecule has 4 nitrogen and oxygen atoms in total. The first-order chi connectivity index (χ1) is 7.31. The summed E-state index contributed by atoms with van der Waals surface area (Å²) >= 11 is 5.64. The van der Waals surface area contributed by atoms with Gasteiger partial charge in [0.1, 0.15) is 12.2 Å². The highest BCUT2D eigenvalue weighted by Crippen LogP contribution is 2.17. The second-order valence-corrected chi connectivity index (χ2v) is 3.27. The molecule has 0 amide bonds. The van der Waals surface area contributed by atoms with Crippen molar-refractivity contribution in [2.75, 3.05) is 12.5 Å². The minimum atomic E-state index is -0.404. The Morgan fingerprint density at radius 2 is 2.40 bits per heavy atom. The van der Waals surface area contributed by atoms with Gasteiger partial charge in [-0.25, -0.2) is 9.97 Å². The van der Waals surface area contributed by atoms with Gasteiger partial charge in [0.25, 0.3) is 0 Å². The number of nitriles is 1. The average molecular weight is 226 g/mol. The van der Waals surface area contributed by atoms with Crippen molar-refractivity contribution in [3.63, 3.8) is 0 Å². The summed E-state index contributed by atoms with van der Waals surface area (Å²) in [7, 11) is 0. The molecule has 0 aromatic carbocycles. The van der Waals surface area contributed by atoms with Gasteiger partial charge in [-0.15, -0.1) is 11.6 Å². The van der Waals surface area contributed by atoms with Crippen LogP contribution in [0.1, 0.15) is 25.0 Å². The molecule has 0 fully saturated rings. The fourth-order valence-electron chi connectivity index (χ4n) is 1.01. The molecule has 0 aliphatic carbocycles. The second kappa shape index (κ2) is 6.20. The molecule has 1 aromatic heterocycles. The molecule has 0 bridgehead atoms. The molecule has 1 atom stereocenters. The Labute approximate surface area is 93.9 Å². The number of ether oxygens (including phenoxy) is 1. The lowest BCUT2D eigenvalue weighted by molar-refractivity contribution is 0.304. The van der Waals surface area contributed by atoms with E-state index in [1.165, 1.54) is 6.33 Å². The topological polar surface area (TPSA) is 58.8 Å². The van der Waals surface area contributed by atoms with Crippen LogP contribution in [0.2, 0.25) is 0 Å². The molecule has 15 heavy (non-hydrogen) atoms. The Morgan fingerprint density at radius 1 is 1.60 bits per heavy atom. The Hall–Kier alpha value is -1.34. The first kappa shape index (κ1) is 11.7. The maximum absolute atomic E-state index is 8.81. The van der Waals surface area contributed by atoms with Gasteiger partial charge in [-0.1, -0.05) is 6.92 Å². The molecule has 5 heteroatoms. The van der Waals surface area contributed by atoms with Crippen LogP contribution in [0, 0.1) is 11.3 Å². The fourth-order valence-corrected chi connectivity index (χ4v) is 1.24. The van der Waals surface area contributed by atoms with E-state index in [1.54, 1.807) is 6.07 Å². The molecule has 1 heterocycles. The molecule has 1 rings (SSSR count). The second-order valence-electron chi connectivity index (χ2n) is 2.97. The normalized spacial score (nSPS) is 11.8. The molecular formula is C10H12ClN3O. The van der Waals surface area contributed by atoms with E-state index in [1.807, 2.05) is 6.92 Å². The highest BCUT2D eigenvalue weighted by Gasteiger charge is 2.11. The van der Waals surface area contributed by atoms with Gasteiger partial charge in [-0.3, -0.25) is 0 Å². The van der Waals surface area contributed by atoms with Gasteiger partial charge in [0.2, 0.25) is 5.88 Å². The summed E-state index contributed by atoms with van der Waals surface area (Å²) in [5, 5.41) is 8.81. The SMILES string of the molecule is CCCOc1cc(C(C#N)CCl)ncn1. The number of alkyl halides is 1. The van der Waals surface area contributed by atoms with Crippen molar-refractivity contribution in [1.29, 1.82) is 5.26 Å². The summed E-state index contributed by atoms with van der Waals surface area (Å²) < 4.78 is 5.33. The maximum Gasteiger partial charge on any atom is 0.216 e. The first-order valence-electron chi connectivity index (χ1n) is 4.72. The molecule has 0 aliphatic heterocycles. The van der Waals surface area contributed by atoms with Gasteiger partial charge in [-0.2, -0.15) is 5.26 Å². The van der Waals surface area contributed by atoms with Gasteiger partial charge >= 0.3 is 0 Å². The zero-order valence-electron chi connectivity index (χ0n) is 8.48. The molecule has 0 spiro atoms. The smallest absolute Gasteiger partial charge is 0.216 e. The van der Waals surface area contributed by atoms with Gasteiger partial charge in [0.05, 0.1) is 18.4 Å². The van der Waals surface area contributed by atoms with Crippen molar-refractivity contribution in [1.82, 2.24) is 9.97 Å². The summed E-state index contributed by atoms with van der Waals surface area (Å²) in [5.74, 6) is 0.312. The summed E-state index contributed by atoms with van der Waals surface area (Å²) in [6.45, 7) is 2.62. The molecule has 80 valence electrons. The first-order valence-corrected chi connectivity index (χ1v) is 5.25.